The molecule has 1 atom stereocenters. The van der Waals surface area contributed by atoms with Gasteiger partial charge in [-0.3, -0.25) is 9.59 Å². The highest BCUT2D eigenvalue weighted by Crippen LogP contribution is 2.13. The number of alkyl carbamates (subject to hydrolysis) is 1. The largest absolute Gasteiger partial charge is 0.462 e. The van der Waals surface area contributed by atoms with Gasteiger partial charge in [-0.1, -0.05) is 141 Å². The third kappa shape index (κ3) is 40.8. The molecule has 0 aromatic rings. The van der Waals surface area contributed by atoms with Crippen LogP contribution in [0.1, 0.15) is 206 Å². The Morgan fingerprint density at radius 2 is 0.907 bits per heavy atom. The van der Waals surface area contributed by atoms with Crippen molar-refractivity contribution in [2.45, 2.75) is 213 Å². The summed E-state index contributed by atoms with van der Waals surface area (Å²) in [6.07, 6.45) is 41.5. The zero-order valence-corrected chi connectivity index (χ0v) is 35.8. The van der Waals surface area contributed by atoms with Crippen molar-refractivity contribution in [3.8, 4) is 0 Å². The molecule has 54 heavy (non-hydrogen) atoms. The van der Waals surface area contributed by atoms with Gasteiger partial charge in [-0.15, -0.1) is 0 Å². The number of allylic oxidation sites excluding steroid dienone is 4. The number of carbonyl (C=O) groups excluding carboxylic acids is 3. The number of rotatable bonds is 40. The van der Waals surface area contributed by atoms with Gasteiger partial charge in [0, 0.05) is 19.4 Å². The predicted molar refractivity (Wildman–Crippen MR) is 227 cm³/mol. The zero-order chi connectivity index (χ0) is 39.6. The lowest BCUT2D eigenvalue weighted by Crippen LogP contribution is -2.34. The van der Waals surface area contributed by atoms with E-state index in [2.05, 4.69) is 48.4 Å². The first-order chi connectivity index (χ1) is 26.4. The summed E-state index contributed by atoms with van der Waals surface area (Å²) in [6.45, 7) is 5.71. The minimum atomic E-state index is -0.821. The number of amides is 1. The molecule has 0 saturated carbocycles. The average molecular weight is 763 g/mol. The summed E-state index contributed by atoms with van der Waals surface area (Å²) in [6, 6.07) is 0. The van der Waals surface area contributed by atoms with Crippen LogP contribution in [-0.4, -0.2) is 69.4 Å². The van der Waals surface area contributed by atoms with Crippen molar-refractivity contribution in [2.75, 3.05) is 40.4 Å². The molecule has 0 aliphatic carbocycles. The van der Waals surface area contributed by atoms with Crippen molar-refractivity contribution < 1.29 is 28.6 Å². The van der Waals surface area contributed by atoms with Crippen molar-refractivity contribution >= 4 is 18.0 Å². The number of nitrogens with zero attached hydrogens (tertiary/aromatic N) is 1. The molecule has 8 heteroatoms. The van der Waals surface area contributed by atoms with Crippen LogP contribution >= 0.6 is 0 Å². The summed E-state index contributed by atoms with van der Waals surface area (Å²) in [5.74, 6) is -0.658. The molecule has 1 unspecified atom stereocenters. The lowest BCUT2D eigenvalue weighted by Gasteiger charge is -2.18. The minimum Gasteiger partial charge on any atom is -0.462 e. The maximum atomic E-state index is 12.7. The van der Waals surface area contributed by atoms with Gasteiger partial charge in [-0.05, 0) is 97.7 Å². The molecule has 0 spiro atoms. The Kier molecular flexibility index (Phi) is 40.0. The summed E-state index contributed by atoms with van der Waals surface area (Å²) in [4.78, 5) is 39.5. The maximum absolute atomic E-state index is 12.7. The predicted octanol–water partition coefficient (Wildman–Crippen LogP) is 12.6. The Morgan fingerprint density at radius 3 is 1.37 bits per heavy atom. The van der Waals surface area contributed by atoms with Gasteiger partial charge >= 0.3 is 18.0 Å². The smallest absolute Gasteiger partial charge is 0.407 e. The van der Waals surface area contributed by atoms with Crippen LogP contribution in [0.15, 0.2) is 24.3 Å². The highest BCUT2D eigenvalue weighted by molar-refractivity contribution is 5.70. The Labute approximate surface area is 333 Å². The molecule has 0 radical (unpaired) electrons. The molecular weight excluding hydrogens is 677 g/mol. The maximum Gasteiger partial charge on any atom is 0.407 e. The number of carbonyl (C=O) groups is 3. The molecule has 0 saturated heterocycles. The SMILES string of the molecule is CCCCCCCC/C=C\CCCCCCCC(=O)OCC(COC(=O)NCCCCN(C)C)OC(=O)CCCCCCC/C=C\CCCCCCCC. The number of ether oxygens (including phenoxy) is 3. The first kappa shape index (κ1) is 51.6. The van der Waals surface area contributed by atoms with E-state index in [9.17, 15) is 14.4 Å². The van der Waals surface area contributed by atoms with Crippen LogP contribution in [0.4, 0.5) is 4.79 Å². The monoisotopic (exact) mass is 763 g/mol. The molecule has 0 aliphatic heterocycles. The Bertz CT molecular complexity index is 906. The molecule has 0 aromatic carbocycles. The summed E-state index contributed by atoms with van der Waals surface area (Å²) in [5.41, 5.74) is 0. The Hall–Kier alpha value is -2.35. The fraction of sp³-hybridized carbons (Fsp3) is 0.848. The summed E-state index contributed by atoms with van der Waals surface area (Å²) in [7, 11) is 4.04. The summed E-state index contributed by atoms with van der Waals surface area (Å²) < 4.78 is 16.5. The van der Waals surface area contributed by atoms with E-state index in [4.69, 9.17) is 14.2 Å². The van der Waals surface area contributed by atoms with Crippen LogP contribution in [0, 0.1) is 0 Å². The lowest BCUT2D eigenvalue weighted by atomic mass is 10.1. The van der Waals surface area contributed by atoms with E-state index < -0.39 is 12.2 Å². The molecule has 0 aliphatic rings. The summed E-state index contributed by atoms with van der Waals surface area (Å²) in [5, 5.41) is 2.75. The van der Waals surface area contributed by atoms with E-state index in [1.54, 1.807) is 0 Å². The highest BCUT2D eigenvalue weighted by atomic mass is 16.6. The second kappa shape index (κ2) is 41.8. The Balaban J connectivity index is 4.28. The van der Waals surface area contributed by atoms with Gasteiger partial charge in [0.2, 0.25) is 0 Å². The van der Waals surface area contributed by atoms with Gasteiger partial charge in [0.25, 0.3) is 0 Å². The minimum absolute atomic E-state index is 0.113. The molecule has 0 fully saturated rings. The fourth-order valence-electron chi connectivity index (χ4n) is 6.26. The Morgan fingerprint density at radius 1 is 0.500 bits per heavy atom. The normalized spacial score (nSPS) is 12.2. The van der Waals surface area contributed by atoms with Gasteiger partial charge in [-0.25, -0.2) is 4.79 Å². The average Bonchev–Trinajstić information content (AvgIpc) is 3.15. The van der Waals surface area contributed by atoms with Crippen molar-refractivity contribution in [1.82, 2.24) is 10.2 Å². The van der Waals surface area contributed by atoms with E-state index in [-0.39, 0.29) is 25.2 Å². The van der Waals surface area contributed by atoms with Gasteiger partial charge in [0.1, 0.15) is 13.2 Å². The zero-order valence-electron chi connectivity index (χ0n) is 35.8. The topological polar surface area (TPSA) is 94.2 Å². The van der Waals surface area contributed by atoms with Crippen molar-refractivity contribution in [1.29, 1.82) is 0 Å². The van der Waals surface area contributed by atoms with Crippen molar-refractivity contribution in [3.63, 3.8) is 0 Å². The number of hydrogen-bond donors (Lipinski definition) is 1. The first-order valence-corrected chi connectivity index (χ1v) is 22.6. The van der Waals surface area contributed by atoms with Crippen LogP contribution in [0.3, 0.4) is 0 Å². The van der Waals surface area contributed by atoms with E-state index in [1.165, 1.54) is 109 Å². The standard InChI is InChI=1S/C46H86N2O6/c1-5-7-9-11-13-15-17-19-21-23-25-27-29-31-33-37-44(49)52-41-43(42-53-46(51)47-39-35-36-40-48(3)4)54-45(50)38-34-32-30-28-26-24-22-20-18-16-14-12-10-8-6-2/h19-22,43H,5-18,23-42H2,1-4H3,(H,47,51)/b21-19-,22-20-. The molecule has 316 valence electrons. The van der Waals surface area contributed by atoms with E-state index in [0.29, 0.717) is 19.4 Å². The van der Waals surface area contributed by atoms with Crippen LogP contribution in [0.2, 0.25) is 0 Å². The number of unbranched alkanes of at least 4 members (excludes halogenated alkanes) is 23. The van der Waals surface area contributed by atoms with Gasteiger partial charge in [0.05, 0.1) is 0 Å². The molecule has 1 N–H and O–H groups in total. The van der Waals surface area contributed by atoms with Crippen molar-refractivity contribution in [2.24, 2.45) is 0 Å². The van der Waals surface area contributed by atoms with E-state index >= 15 is 0 Å². The van der Waals surface area contributed by atoms with E-state index in [0.717, 1.165) is 77.2 Å². The molecule has 0 aromatic heterocycles. The van der Waals surface area contributed by atoms with Crippen molar-refractivity contribution in [3.05, 3.63) is 24.3 Å². The molecular formula is C46H86N2O6. The molecule has 8 nitrogen and oxygen atoms in total. The van der Waals surface area contributed by atoms with Crippen LogP contribution in [0.25, 0.3) is 0 Å². The van der Waals surface area contributed by atoms with Gasteiger partial charge in [0.15, 0.2) is 6.10 Å². The third-order valence-corrected chi connectivity index (χ3v) is 9.72. The second-order valence-electron chi connectivity index (χ2n) is 15.5. The van der Waals surface area contributed by atoms with Crippen LogP contribution in [-0.2, 0) is 23.8 Å². The molecule has 0 rings (SSSR count). The second-order valence-corrected chi connectivity index (χ2v) is 15.5. The molecule has 1 amide bonds. The number of hydrogen-bond acceptors (Lipinski definition) is 7. The quantitative estimate of drug-likeness (QED) is 0.0287. The third-order valence-electron chi connectivity index (χ3n) is 9.72. The number of nitrogens with one attached hydrogen (secondary N) is 1. The molecule has 0 heterocycles. The molecule has 0 bridgehead atoms. The first-order valence-electron chi connectivity index (χ1n) is 22.6. The number of esters is 2. The highest BCUT2D eigenvalue weighted by Gasteiger charge is 2.19. The van der Waals surface area contributed by atoms with E-state index in [1.807, 2.05) is 14.1 Å². The van der Waals surface area contributed by atoms with Crippen LogP contribution < -0.4 is 5.32 Å². The summed E-state index contributed by atoms with van der Waals surface area (Å²) >= 11 is 0. The van der Waals surface area contributed by atoms with Gasteiger partial charge in [-0.2, -0.15) is 0 Å². The van der Waals surface area contributed by atoms with Gasteiger partial charge < -0.3 is 24.4 Å². The van der Waals surface area contributed by atoms with Crippen LogP contribution in [0.5, 0.6) is 0 Å². The fourth-order valence-corrected chi connectivity index (χ4v) is 6.26. The lowest BCUT2D eigenvalue weighted by molar-refractivity contribution is -0.161.